The van der Waals surface area contributed by atoms with Crippen LogP contribution in [0.4, 0.5) is 5.69 Å². The zero-order valence-corrected chi connectivity index (χ0v) is 18.5. The second kappa shape index (κ2) is 9.34. The molecule has 4 aromatic rings. The number of anilines is 1. The van der Waals surface area contributed by atoms with Gasteiger partial charge in [0.05, 0.1) is 5.69 Å². The predicted octanol–water partition coefficient (Wildman–Crippen LogP) is 4.90. The van der Waals surface area contributed by atoms with E-state index in [1.807, 2.05) is 42.5 Å². The number of ether oxygens (including phenoxy) is 1. The third-order valence-corrected chi connectivity index (χ3v) is 6.26. The molecule has 1 N–H and O–H groups in total. The highest BCUT2D eigenvalue weighted by Crippen LogP contribution is 2.29. The van der Waals surface area contributed by atoms with E-state index < -0.39 is 0 Å². The van der Waals surface area contributed by atoms with Crippen molar-refractivity contribution in [1.29, 1.82) is 0 Å². The van der Waals surface area contributed by atoms with Crippen molar-refractivity contribution in [3.05, 3.63) is 96.2 Å². The Kier molecular flexibility index (Phi) is 5.95. The molecule has 0 fully saturated rings. The van der Waals surface area contributed by atoms with E-state index >= 15 is 0 Å². The fourth-order valence-electron chi connectivity index (χ4n) is 3.58. The first-order chi connectivity index (χ1) is 16.2. The van der Waals surface area contributed by atoms with Crippen molar-refractivity contribution in [3.63, 3.8) is 0 Å². The van der Waals surface area contributed by atoms with Crippen LogP contribution < -0.4 is 10.1 Å². The third kappa shape index (κ3) is 4.83. The lowest BCUT2D eigenvalue weighted by Gasteiger charge is -2.09. The van der Waals surface area contributed by atoms with Crippen LogP contribution in [-0.4, -0.2) is 33.6 Å². The third-order valence-electron chi connectivity index (χ3n) is 5.29. The first-order valence-corrected chi connectivity index (χ1v) is 11.6. The Labute approximate surface area is 195 Å². The maximum Gasteiger partial charge on any atom is 0.262 e. The minimum absolute atomic E-state index is 0.0535. The van der Waals surface area contributed by atoms with Crippen LogP contribution in [0.2, 0.25) is 0 Å². The summed E-state index contributed by atoms with van der Waals surface area (Å²) in [5, 5.41) is 3.89. The number of imidazole rings is 1. The number of carbonyl (C=O) groups is 2. The van der Waals surface area contributed by atoms with Gasteiger partial charge < -0.3 is 14.6 Å². The van der Waals surface area contributed by atoms with E-state index in [-0.39, 0.29) is 18.3 Å². The Balaban J connectivity index is 1.14. The Morgan fingerprint density at radius 2 is 1.67 bits per heavy atom. The molecule has 164 valence electrons. The Bertz CT molecular complexity index is 1260. The minimum atomic E-state index is -0.260. The van der Waals surface area contributed by atoms with Crippen molar-refractivity contribution < 1.29 is 14.3 Å². The van der Waals surface area contributed by atoms with Gasteiger partial charge in [-0.3, -0.25) is 9.59 Å². The number of benzene rings is 3. The van der Waals surface area contributed by atoms with Crippen molar-refractivity contribution in [3.8, 4) is 17.0 Å². The first-order valence-electron chi connectivity index (χ1n) is 10.6. The smallest absolute Gasteiger partial charge is 0.262 e. The van der Waals surface area contributed by atoms with E-state index in [4.69, 9.17) is 4.74 Å². The number of amides is 1. The summed E-state index contributed by atoms with van der Waals surface area (Å²) in [7, 11) is 0. The summed E-state index contributed by atoms with van der Waals surface area (Å²) in [6.07, 6.45) is 2.06. The molecule has 1 amide bonds. The van der Waals surface area contributed by atoms with Crippen LogP contribution in [0.5, 0.6) is 5.75 Å². The maximum atomic E-state index is 12.5. The Hall–Kier alpha value is -3.84. The van der Waals surface area contributed by atoms with Crippen LogP contribution in [0.15, 0.2) is 90.2 Å². The van der Waals surface area contributed by atoms with Crippen molar-refractivity contribution >= 4 is 29.1 Å². The molecule has 0 saturated carbocycles. The molecule has 0 radical (unpaired) electrons. The monoisotopic (exact) mass is 455 g/mol. The number of aryl methyl sites for hydroxylation is 1. The number of rotatable bonds is 7. The maximum absolute atomic E-state index is 12.5. The normalized spacial score (nSPS) is 12.2. The second-order valence-corrected chi connectivity index (χ2v) is 8.65. The Morgan fingerprint density at radius 3 is 2.39 bits per heavy atom. The molecule has 6 nitrogen and oxygen atoms in total. The van der Waals surface area contributed by atoms with Crippen LogP contribution in [0.25, 0.3) is 11.3 Å². The standard InChI is InChI=1S/C26H21N3O3S/c30-24(17-32-22-12-8-20(9-13-22)25(31)19-4-2-1-3-5-19)27-21-10-6-18(7-11-21)23-16-29-14-15-33-26(29)28-23/h1-13,16H,14-15,17H2,(H,27,30). The van der Waals surface area contributed by atoms with Crippen molar-refractivity contribution in [2.75, 3.05) is 17.7 Å². The lowest BCUT2D eigenvalue weighted by molar-refractivity contribution is -0.118. The fraction of sp³-hybridized carbons (Fsp3) is 0.115. The zero-order chi connectivity index (χ0) is 22.6. The van der Waals surface area contributed by atoms with Gasteiger partial charge in [0.2, 0.25) is 0 Å². The van der Waals surface area contributed by atoms with Crippen LogP contribution in [0.1, 0.15) is 15.9 Å². The van der Waals surface area contributed by atoms with E-state index in [0.29, 0.717) is 22.6 Å². The molecule has 33 heavy (non-hydrogen) atoms. The molecule has 5 rings (SSSR count). The number of nitrogens with one attached hydrogen (secondary N) is 1. The van der Waals surface area contributed by atoms with Gasteiger partial charge in [-0.05, 0) is 36.4 Å². The molecule has 1 aromatic heterocycles. The summed E-state index contributed by atoms with van der Waals surface area (Å²) in [6.45, 7) is 0.867. The second-order valence-electron chi connectivity index (χ2n) is 7.58. The summed E-state index contributed by atoms with van der Waals surface area (Å²) < 4.78 is 7.73. The summed E-state index contributed by atoms with van der Waals surface area (Å²) >= 11 is 1.76. The largest absolute Gasteiger partial charge is 0.484 e. The summed E-state index contributed by atoms with van der Waals surface area (Å²) in [6, 6.07) is 23.5. The number of thioether (sulfide) groups is 1. The molecule has 0 spiro atoms. The van der Waals surface area contributed by atoms with Crippen molar-refractivity contribution in [2.24, 2.45) is 0 Å². The number of ketones is 1. The lowest BCUT2D eigenvalue weighted by Crippen LogP contribution is -2.20. The molecule has 3 aromatic carbocycles. The molecule has 1 aliphatic heterocycles. The van der Waals surface area contributed by atoms with Crippen molar-refractivity contribution in [2.45, 2.75) is 11.7 Å². The van der Waals surface area contributed by atoms with Gasteiger partial charge in [-0.25, -0.2) is 4.98 Å². The SMILES string of the molecule is O=C(COc1ccc(C(=O)c2ccccc2)cc1)Nc1ccc(-c2cn3c(n2)SCC3)cc1. The highest BCUT2D eigenvalue weighted by atomic mass is 32.2. The van der Waals surface area contributed by atoms with Gasteiger partial charge in [0.15, 0.2) is 17.5 Å². The summed E-state index contributed by atoms with van der Waals surface area (Å²) in [5.41, 5.74) is 3.84. The minimum Gasteiger partial charge on any atom is -0.484 e. The predicted molar refractivity (Wildman–Crippen MR) is 129 cm³/mol. The molecule has 0 atom stereocenters. The molecule has 7 heteroatoms. The van der Waals surface area contributed by atoms with E-state index in [1.165, 1.54) is 0 Å². The van der Waals surface area contributed by atoms with E-state index in [0.717, 1.165) is 28.7 Å². The fourth-order valence-corrected chi connectivity index (χ4v) is 4.52. The van der Waals surface area contributed by atoms with Crippen LogP contribution in [-0.2, 0) is 11.3 Å². The average Bonchev–Trinajstić information content (AvgIpc) is 3.46. The van der Waals surface area contributed by atoms with E-state index in [1.54, 1.807) is 48.2 Å². The number of nitrogens with zero attached hydrogens (tertiary/aromatic N) is 2. The van der Waals surface area contributed by atoms with Crippen LogP contribution in [0, 0.1) is 0 Å². The summed E-state index contributed by atoms with van der Waals surface area (Å²) in [5.74, 6) is 1.29. The first kappa shape index (κ1) is 21.0. The van der Waals surface area contributed by atoms with Gasteiger partial charge in [0, 0.05) is 40.9 Å². The molecule has 0 unspecified atom stereocenters. The Morgan fingerprint density at radius 1 is 0.939 bits per heavy atom. The summed E-state index contributed by atoms with van der Waals surface area (Å²) in [4.78, 5) is 29.4. The molecule has 0 saturated heterocycles. The quantitative estimate of drug-likeness (QED) is 0.401. The van der Waals surface area contributed by atoms with Gasteiger partial charge in [-0.2, -0.15) is 0 Å². The molecule has 0 bridgehead atoms. The van der Waals surface area contributed by atoms with E-state index in [2.05, 4.69) is 21.1 Å². The van der Waals surface area contributed by atoms with Gasteiger partial charge in [-0.1, -0.05) is 54.2 Å². The number of fused-ring (bicyclic) bond motifs is 1. The van der Waals surface area contributed by atoms with E-state index in [9.17, 15) is 9.59 Å². The van der Waals surface area contributed by atoms with Gasteiger partial charge in [-0.15, -0.1) is 0 Å². The molecule has 2 heterocycles. The molecular formula is C26H21N3O3S. The number of hydrogen-bond acceptors (Lipinski definition) is 5. The van der Waals surface area contributed by atoms with Gasteiger partial charge in [0.25, 0.3) is 5.91 Å². The number of hydrogen-bond donors (Lipinski definition) is 1. The number of carbonyl (C=O) groups excluding carboxylic acids is 2. The van der Waals surface area contributed by atoms with Crippen LogP contribution >= 0.6 is 11.8 Å². The number of aromatic nitrogens is 2. The van der Waals surface area contributed by atoms with Crippen LogP contribution in [0.3, 0.4) is 0 Å². The lowest BCUT2D eigenvalue weighted by atomic mass is 10.0. The topological polar surface area (TPSA) is 73.2 Å². The van der Waals surface area contributed by atoms with Gasteiger partial charge >= 0.3 is 0 Å². The van der Waals surface area contributed by atoms with Gasteiger partial charge in [0.1, 0.15) is 5.75 Å². The molecular weight excluding hydrogens is 434 g/mol. The molecule has 0 aliphatic carbocycles. The van der Waals surface area contributed by atoms with Crippen molar-refractivity contribution in [1.82, 2.24) is 9.55 Å². The highest BCUT2D eigenvalue weighted by molar-refractivity contribution is 7.99. The molecule has 1 aliphatic rings. The highest BCUT2D eigenvalue weighted by Gasteiger charge is 2.15. The average molecular weight is 456 g/mol. The zero-order valence-electron chi connectivity index (χ0n) is 17.7.